The van der Waals surface area contributed by atoms with E-state index in [0.717, 1.165) is 31.3 Å². The fraction of sp³-hybridized carbons (Fsp3) is 0.938. The molecule has 0 radical (unpaired) electrons. The predicted octanol–water partition coefficient (Wildman–Crippen LogP) is 2.27. The molecule has 0 spiro atoms. The van der Waals surface area contributed by atoms with Gasteiger partial charge in [0.2, 0.25) is 0 Å². The molecule has 0 amide bonds. The molecule has 1 saturated heterocycles. The first kappa shape index (κ1) is 18.3. The summed E-state index contributed by atoms with van der Waals surface area (Å²) in [6.45, 7) is 7.50. The fourth-order valence-electron chi connectivity index (χ4n) is 3.48. The Kier molecular flexibility index (Phi) is 8.25. The van der Waals surface area contributed by atoms with Crippen LogP contribution in [0.1, 0.15) is 32.6 Å². The lowest BCUT2D eigenvalue weighted by molar-refractivity contribution is 0.112. The summed E-state index contributed by atoms with van der Waals surface area (Å²) in [5, 5.41) is 6.85. The third-order valence-corrected chi connectivity index (χ3v) is 6.25. The van der Waals surface area contributed by atoms with Crippen LogP contribution in [0.5, 0.6) is 0 Å². The van der Waals surface area contributed by atoms with Gasteiger partial charge in [-0.15, -0.1) is 0 Å². The van der Waals surface area contributed by atoms with E-state index in [9.17, 15) is 0 Å². The Balaban J connectivity index is 1.96. The van der Waals surface area contributed by atoms with Crippen LogP contribution >= 0.6 is 23.5 Å². The van der Waals surface area contributed by atoms with Crippen molar-refractivity contribution in [1.29, 1.82) is 0 Å². The molecule has 2 N–H and O–H groups in total. The Morgan fingerprint density at radius 1 is 1.23 bits per heavy atom. The molecule has 1 saturated carbocycles. The number of rotatable bonds is 7. The van der Waals surface area contributed by atoms with Crippen LogP contribution in [0, 0.1) is 0 Å². The number of aliphatic imine (C=N–C) groups is 1. The minimum absolute atomic E-state index is 0.336. The van der Waals surface area contributed by atoms with Crippen molar-refractivity contribution < 1.29 is 0 Å². The van der Waals surface area contributed by atoms with Crippen molar-refractivity contribution >= 4 is 29.5 Å². The van der Waals surface area contributed by atoms with Gasteiger partial charge in [-0.25, -0.2) is 0 Å². The van der Waals surface area contributed by atoms with Crippen LogP contribution in [0.4, 0.5) is 0 Å². The number of hydrogen-bond acceptors (Lipinski definition) is 4. The largest absolute Gasteiger partial charge is 0.357 e. The van der Waals surface area contributed by atoms with Crippen molar-refractivity contribution in [2.75, 3.05) is 56.2 Å². The van der Waals surface area contributed by atoms with Crippen LogP contribution in [0.3, 0.4) is 0 Å². The first-order valence-electron chi connectivity index (χ1n) is 8.65. The molecule has 2 aliphatic rings. The van der Waals surface area contributed by atoms with Gasteiger partial charge in [0, 0.05) is 49.0 Å². The van der Waals surface area contributed by atoms with Gasteiger partial charge >= 0.3 is 0 Å². The molecule has 0 aromatic carbocycles. The summed E-state index contributed by atoms with van der Waals surface area (Å²) in [6, 6.07) is 0. The van der Waals surface area contributed by atoms with Gasteiger partial charge in [-0.1, -0.05) is 12.8 Å². The van der Waals surface area contributed by atoms with Crippen molar-refractivity contribution in [1.82, 2.24) is 15.5 Å². The van der Waals surface area contributed by atoms with E-state index >= 15 is 0 Å². The van der Waals surface area contributed by atoms with Gasteiger partial charge in [-0.3, -0.25) is 9.89 Å². The first-order valence-corrected chi connectivity index (χ1v) is 11.2. The minimum atomic E-state index is 0.336. The molecule has 1 aliphatic carbocycles. The predicted molar refractivity (Wildman–Crippen MR) is 102 cm³/mol. The zero-order chi connectivity index (χ0) is 15.7. The van der Waals surface area contributed by atoms with E-state index in [1.165, 1.54) is 50.3 Å². The van der Waals surface area contributed by atoms with Crippen molar-refractivity contribution in [2.45, 2.75) is 38.1 Å². The Morgan fingerprint density at radius 3 is 2.59 bits per heavy atom. The third-order valence-electron chi connectivity index (χ3n) is 4.69. The molecule has 0 bridgehead atoms. The SMILES string of the molecule is CCNC(=NCC1(N2CCSCC2)CCCC1)NCCSC. The fourth-order valence-corrected chi connectivity index (χ4v) is 4.69. The zero-order valence-corrected chi connectivity index (χ0v) is 15.8. The van der Waals surface area contributed by atoms with Crippen LogP contribution in [0.2, 0.25) is 0 Å². The highest BCUT2D eigenvalue weighted by atomic mass is 32.2. The lowest BCUT2D eigenvalue weighted by atomic mass is 9.95. The number of hydrogen-bond donors (Lipinski definition) is 2. The number of nitrogens with one attached hydrogen (secondary N) is 2. The zero-order valence-electron chi connectivity index (χ0n) is 14.2. The van der Waals surface area contributed by atoms with Gasteiger partial charge < -0.3 is 10.6 Å². The van der Waals surface area contributed by atoms with E-state index in [0.29, 0.717) is 5.54 Å². The highest BCUT2D eigenvalue weighted by molar-refractivity contribution is 7.99. The molecule has 6 heteroatoms. The Morgan fingerprint density at radius 2 is 1.95 bits per heavy atom. The Labute approximate surface area is 144 Å². The Hall–Kier alpha value is -0.0700. The highest BCUT2D eigenvalue weighted by Gasteiger charge is 2.39. The molecule has 4 nitrogen and oxygen atoms in total. The summed E-state index contributed by atoms with van der Waals surface area (Å²) in [6.07, 6.45) is 7.54. The van der Waals surface area contributed by atoms with Crippen LogP contribution in [0.15, 0.2) is 4.99 Å². The van der Waals surface area contributed by atoms with Gasteiger partial charge in [0.05, 0.1) is 6.54 Å². The maximum Gasteiger partial charge on any atom is 0.191 e. The van der Waals surface area contributed by atoms with Crippen LogP contribution in [-0.2, 0) is 0 Å². The second-order valence-corrected chi connectivity index (χ2v) is 8.36. The summed E-state index contributed by atoms with van der Waals surface area (Å²) in [4.78, 5) is 7.69. The molecule has 2 fully saturated rings. The Bertz CT molecular complexity index is 337. The molecule has 2 rings (SSSR count). The number of nitrogens with zero attached hydrogens (tertiary/aromatic N) is 2. The lowest BCUT2D eigenvalue weighted by Crippen LogP contribution is -2.53. The molecule has 0 aromatic rings. The smallest absolute Gasteiger partial charge is 0.191 e. The average molecular weight is 345 g/mol. The van der Waals surface area contributed by atoms with E-state index in [2.05, 4.69) is 40.5 Å². The third kappa shape index (κ3) is 5.24. The summed E-state index contributed by atoms with van der Waals surface area (Å²) in [5.74, 6) is 4.70. The standard InChI is InChI=1S/C16H32N4S2/c1-3-17-15(18-8-11-21-2)19-14-16(6-4-5-7-16)20-9-12-22-13-10-20/h3-14H2,1-2H3,(H2,17,18,19). The van der Waals surface area contributed by atoms with Crippen molar-refractivity contribution in [3.8, 4) is 0 Å². The summed E-state index contributed by atoms with van der Waals surface area (Å²) < 4.78 is 0. The minimum Gasteiger partial charge on any atom is -0.357 e. The summed E-state index contributed by atoms with van der Waals surface area (Å²) in [5.41, 5.74) is 0.336. The average Bonchev–Trinajstić information content (AvgIpc) is 3.04. The topological polar surface area (TPSA) is 39.7 Å². The quantitative estimate of drug-likeness (QED) is 0.421. The number of guanidine groups is 1. The highest BCUT2D eigenvalue weighted by Crippen LogP contribution is 2.37. The molecule has 128 valence electrons. The van der Waals surface area contributed by atoms with Crippen LogP contribution in [-0.4, -0.2) is 72.6 Å². The van der Waals surface area contributed by atoms with E-state index < -0.39 is 0 Å². The summed E-state index contributed by atoms with van der Waals surface area (Å²) >= 11 is 3.97. The van der Waals surface area contributed by atoms with E-state index in [1.807, 2.05) is 11.8 Å². The maximum atomic E-state index is 4.95. The van der Waals surface area contributed by atoms with E-state index in [-0.39, 0.29) is 0 Å². The maximum absolute atomic E-state index is 4.95. The molecular weight excluding hydrogens is 312 g/mol. The van der Waals surface area contributed by atoms with Gasteiger partial charge in [0.1, 0.15) is 0 Å². The molecule has 0 atom stereocenters. The van der Waals surface area contributed by atoms with Gasteiger partial charge in [-0.2, -0.15) is 23.5 Å². The molecular formula is C16H32N4S2. The molecule has 1 heterocycles. The van der Waals surface area contributed by atoms with Gasteiger partial charge in [0.15, 0.2) is 5.96 Å². The van der Waals surface area contributed by atoms with E-state index in [4.69, 9.17) is 4.99 Å². The normalized spacial score (nSPS) is 22.7. The van der Waals surface area contributed by atoms with Crippen molar-refractivity contribution in [3.05, 3.63) is 0 Å². The monoisotopic (exact) mass is 344 g/mol. The second-order valence-electron chi connectivity index (χ2n) is 6.15. The molecule has 0 aromatic heterocycles. The van der Waals surface area contributed by atoms with Gasteiger partial charge in [-0.05, 0) is 26.0 Å². The van der Waals surface area contributed by atoms with Crippen LogP contribution in [0.25, 0.3) is 0 Å². The lowest BCUT2D eigenvalue weighted by Gasteiger charge is -2.42. The first-order chi connectivity index (χ1) is 10.8. The molecule has 0 unspecified atom stereocenters. The molecule has 1 aliphatic heterocycles. The second kappa shape index (κ2) is 9.93. The van der Waals surface area contributed by atoms with E-state index in [1.54, 1.807) is 0 Å². The number of thioether (sulfide) groups is 2. The summed E-state index contributed by atoms with van der Waals surface area (Å²) in [7, 11) is 0. The van der Waals surface area contributed by atoms with Crippen LogP contribution < -0.4 is 10.6 Å². The van der Waals surface area contributed by atoms with Gasteiger partial charge in [0.25, 0.3) is 0 Å². The molecule has 22 heavy (non-hydrogen) atoms. The van der Waals surface area contributed by atoms with Crippen molar-refractivity contribution in [2.24, 2.45) is 4.99 Å². The van der Waals surface area contributed by atoms with Crippen molar-refractivity contribution in [3.63, 3.8) is 0 Å².